The summed E-state index contributed by atoms with van der Waals surface area (Å²) >= 11 is 3.10. The Kier molecular flexibility index (Phi) is 3.57. The lowest BCUT2D eigenvalue weighted by Gasteiger charge is -1.97. The first kappa shape index (κ1) is 12.1. The van der Waals surface area contributed by atoms with Crippen LogP contribution in [0.3, 0.4) is 0 Å². The van der Waals surface area contributed by atoms with Crippen LogP contribution in [0.1, 0.15) is 5.56 Å². The first-order valence-corrected chi connectivity index (χ1v) is 5.42. The van der Waals surface area contributed by atoms with Crippen LogP contribution in [0.4, 0.5) is 11.6 Å². The Bertz CT molecular complexity index is 583. The molecule has 18 heavy (non-hydrogen) atoms. The third-order valence-corrected chi connectivity index (χ3v) is 2.56. The topological polar surface area (TPSA) is 122 Å². The molecule has 0 unspecified atom stereocenters. The number of rotatable bonds is 4. The summed E-state index contributed by atoms with van der Waals surface area (Å²) in [6.07, 6.45) is 1.41. The summed E-state index contributed by atoms with van der Waals surface area (Å²) in [5.41, 5.74) is 3.05. The second kappa shape index (κ2) is 5.31. The number of nitro groups is 1. The molecule has 92 valence electrons. The van der Waals surface area contributed by atoms with Crippen molar-refractivity contribution in [3.63, 3.8) is 0 Å². The fraction of sp³-hybridized carbons (Fsp3) is 0. The summed E-state index contributed by atoms with van der Waals surface area (Å²) in [5.74, 6) is 0.206. The third-order valence-electron chi connectivity index (χ3n) is 1.89. The van der Waals surface area contributed by atoms with E-state index in [1.807, 2.05) is 0 Å². The normalized spacial score (nSPS) is 10.7. The largest absolute Gasteiger partial charge is 0.284 e. The van der Waals surface area contributed by atoms with Crippen molar-refractivity contribution in [1.82, 2.24) is 20.6 Å². The van der Waals surface area contributed by atoms with Crippen LogP contribution in [0, 0.1) is 10.1 Å². The molecule has 1 aromatic heterocycles. The zero-order chi connectivity index (χ0) is 13.0. The van der Waals surface area contributed by atoms with Gasteiger partial charge < -0.3 is 0 Å². The number of aromatic nitrogens is 4. The third kappa shape index (κ3) is 2.85. The molecule has 0 aliphatic carbocycles. The summed E-state index contributed by atoms with van der Waals surface area (Å²) in [4.78, 5) is 10.2. The molecule has 0 radical (unpaired) electrons. The fourth-order valence-corrected chi connectivity index (χ4v) is 1.52. The lowest BCUT2D eigenvalue weighted by atomic mass is 10.2. The van der Waals surface area contributed by atoms with Crippen LogP contribution >= 0.6 is 15.9 Å². The van der Waals surface area contributed by atoms with Crippen LogP contribution in [0.15, 0.2) is 27.8 Å². The lowest BCUT2D eigenvalue weighted by Crippen LogP contribution is -1.94. The molecule has 9 nitrogen and oxygen atoms in total. The molecule has 0 aliphatic heterocycles. The Hall–Kier alpha value is -2.36. The highest BCUT2D eigenvalue weighted by molar-refractivity contribution is 9.10. The number of benzene rings is 1. The Morgan fingerprint density at radius 1 is 1.56 bits per heavy atom. The fourth-order valence-electron chi connectivity index (χ4n) is 1.12. The van der Waals surface area contributed by atoms with Gasteiger partial charge in [0.1, 0.15) is 0 Å². The van der Waals surface area contributed by atoms with Gasteiger partial charge in [0.15, 0.2) is 0 Å². The number of H-pyrrole nitrogens is 1. The molecular weight excluding hydrogens is 306 g/mol. The van der Waals surface area contributed by atoms with Gasteiger partial charge in [-0.3, -0.25) is 10.1 Å². The molecule has 0 spiro atoms. The first-order chi connectivity index (χ1) is 8.66. The van der Waals surface area contributed by atoms with Gasteiger partial charge in [-0.2, -0.15) is 10.3 Å². The van der Waals surface area contributed by atoms with Crippen molar-refractivity contribution in [1.29, 1.82) is 0 Å². The average molecular weight is 312 g/mol. The van der Waals surface area contributed by atoms with E-state index < -0.39 is 4.92 Å². The number of hydrogen-bond acceptors (Lipinski definition) is 7. The standard InChI is InChI=1S/C8H6BrN7O2/c9-6-2-1-5(3-7(6)16(17)18)4-10-11-8-12-14-15-13-8/h1-4H,(H2,11,12,13,14,15)/b10-4-. The zero-order valence-electron chi connectivity index (χ0n) is 8.74. The predicted octanol–water partition coefficient (Wildman–Crippen LogP) is 1.32. The summed E-state index contributed by atoms with van der Waals surface area (Å²) in [6, 6.07) is 4.65. The van der Waals surface area contributed by atoms with E-state index in [0.717, 1.165) is 0 Å². The van der Waals surface area contributed by atoms with Gasteiger partial charge in [-0.1, -0.05) is 11.2 Å². The molecule has 0 bridgehead atoms. The Balaban J connectivity index is 2.12. The van der Waals surface area contributed by atoms with Gasteiger partial charge in [0, 0.05) is 11.6 Å². The van der Waals surface area contributed by atoms with Gasteiger partial charge in [-0.15, -0.1) is 5.10 Å². The molecule has 0 fully saturated rings. The van der Waals surface area contributed by atoms with Gasteiger partial charge in [0.05, 0.1) is 15.6 Å². The number of halogens is 1. The van der Waals surface area contributed by atoms with E-state index in [2.05, 4.69) is 47.1 Å². The van der Waals surface area contributed by atoms with Crippen LogP contribution < -0.4 is 5.43 Å². The van der Waals surface area contributed by atoms with E-state index in [1.165, 1.54) is 12.3 Å². The maximum atomic E-state index is 10.7. The molecule has 0 amide bonds. The maximum absolute atomic E-state index is 10.7. The number of hydrogen-bond donors (Lipinski definition) is 2. The molecule has 1 heterocycles. The minimum atomic E-state index is -0.478. The molecular formula is C8H6BrN7O2. The molecule has 10 heteroatoms. The molecule has 2 rings (SSSR count). The zero-order valence-corrected chi connectivity index (χ0v) is 10.3. The monoisotopic (exact) mass is 311 g/mol. The van der Waals surface area contributed by atoms with E-state index in [1.54, 1.807) is 12.1 Å². The molecule has 2 aromatic rings. The number of anilines is 1. The van der Waals surface area contributed by atoms with E-state index >= 15 is 0 Å². The summed E-state index contributed by atoms with van der Waals surface area (Å²) in [6.45, 7) is 0. The Morgan fingerprint density at radius 2 is 2.39 bits per heavy atom. The van der Waals surface area contributed by atoms with E-state index in [0.29, 0.717) is 10.0 Å². The molecule has 0 saturated heterocycles. The average Bonchev–Trinajstić information content (AvgIpc) is 2.84. The number of hydrazone groups is 1. The smallest absolute Gasteiger partial charge is 0.258 e. The molecule has 0 atom stereocenters. The summed E-state index contributed by atoms with van der Waals surface area (Å²) < 4.78 is 0.413. The predicted molar refractivity (Wildman–Crippen MR) is 66.2 cm³/mol. The Morgan fingerprint density at radius 3 is 3.06 bits per heavy atom. The van der Waals surface area contributed by atoms with Crippen LogP contribution in [-0.4, -0.2) is 31.8 Å². The van der Waals surface area contributed by atoms with Crippen LogP contribution in [0.5, 0.6) is 0 Å². The van der Waals surface area contributed by atoms with E-state index in [9.17, 15) is 10.1 Å². The van der Waals surface area contributed by atoms with Crippen molar-refractivity contribution in [3.05, 3.63) is 38.3 Å². The van der Waals surface area contributed by atoms with Crippen LogP contribution in [-0.2, 0) is 0 Å². The SMILES string of the molecule is O=[N+]([O-])c1cc(/C=N\Nc2nn[nH]n2)ccc1Br. The van der Waals surface area contributed by atoms with Gasteiger partial charge in [0.25, 0.3) is 11.6 Å². The van der Waals surface area contributed by atoms with Gasteiger partial charge >= 0.3 is 0 Å². The number of nitrogens with one attached hydrogen (secondary N) is 2. The highest BCUT2D eigenvalue weighted by Gasteiger charge is 2.11. The van der Waals surface area contributed by atoms with Crippen molar-refractivity contribution >= 4 is 33.8 Å². The minimum absolute atomic E-state index is 0.0292. The Labute approximate surface area is 109 Å². The first-order valence-electron chi connectivity index (χ1n) is 4.63. The van der Waals surface area contributed by atoms with Crippen molar-refractivity contribution in [2.45, 2.75) is 0 Å². The number of nitrogens with zero attached hydrogens (tertiary/aromatic N) is 5. The highest BCUT2D eigenvalue weighted by Crippen LogP contribution is 2.24. The lowest BCUT2D eigenvalue weighted by molar-refractivity contribution is -0.385. The van der Waals surface area contributed by atoms with E-state index in [4.69, 9.17) is 0 Å². The van der Waals surface area contributed by atoms with Gasteiger partial charge in [-0.25, -0.2) is 5.43 Å². The quantitative estimate of drug-likeness (QED) is 0.498. The number of nitro benzene ring substituents is 1. The molecule has 0 aliphatic rings. The number of aromatic amines is 1. The summed E-state index contributed by atoms with van der Waals surface area (Å²) in [7, 11) is 0. The molecule has 1 aromatic carbocycles. The van der Waals surface area contributed by atoms with Crippen molar-refractivity contribution in [2.75, 3.05) is 5.43 Å². The minimum Gasteiger partial charge on any atom is -0.258 e. The summed E-state index contributed by atoms with van der Waals surface area (Å²) in [5, 5.41) is 27.3. The van der Waals surface area contributed by atoms with Crippen molar-refractivity contribution < 1.29 is 4.92 Å². The van der Waals surface area contributed by atoms with Crippen molar-refractivity contribution in [2.24, 2.45) is 5.10 Å². The van der Waals surface area contributed by atoms with E-state index in [-0.39, 0.29) is 11.6 Å². The maximum Gasteiger partial charge on any atom is 0.284 e. The van der Waals surface area contributed by atoms with Crippen molar-refractivity contribution in [3.8, 4) is 0 Å². The second-order valence-corrected chi connectivity index (χ2v) is 3.93. The second-order valence-electron chi connectivity index (χ2n) is 3.07. The van der Waals surface area contributed by atoms with Gasteiger partial charge in [0.2, 0.25) is 0 Å². The van der Waals surface area contributed by atoms with Gasteiger partial charge in [-0.05, 0) is 27.2 Å². The molecule has 0 saturated carbocycles. The highest BCUT2D eigenvalue weighted by atomic mass is 79.9. The number of tetrazole rings is 1. The molecule has 2 N–H and O–H groups in total. The van der Waals surface area contributed by atoms with Crippen LogP contribution in [0.2, 0.25) is 0 Å². The van der Waals surface area contributed by atoms with Crippen LogP contribution in [0.25, 0.3) is 0 Å².